The van der Waals surface area contributed by atoms with E-state index in [1.807, 2.05) is 0 Å². The highest BCUT2D eigenvalue weighted by molar-refractivity contribution is 7.80. The van der Waals surface area contributed by atoms with Gasteiger partial charge in [0.2, 0.25) is 0 Å². The minimum absolute atomic E-state index is 1.04. The topological polar surface area (TPSA) is 190 Å². The summed E-state index contributed by atoms with van der Waals surface area (Å²) in [5.74, 6) is 1.04. The van der Waals surface area contributed by atoms with E-state index in [-0.39, 0.29) is 0 Å². The molecule has 0 atom stereocenters. The van der Waals surface area contributed by atoms with Crippen LogP contribution in [0.2, 0.25) is 0 Å². The van der Waals surface area contributed by atoms with Gasteiger partial charge in [-0.2, -0.15) is 12.6 Å². The first-order valence-corrected chi connectivity index (χ1v) is 4.35. The first-order chi connectivity index (χ1) is 7.61. The third kappa shape index (κ3) is 797000. The van der Waals surface area contributed by atoms with Crippen LogP contribution in [0.1, 0.15) is 19.8 Å². The summed E-state index contributed by atoms with van der Waals surface area (Å²) in [6, 6.07) is 0. The molecule has 0 bridgehead atoms. The molecular weight excluding hydrogens is 266 g/mol. The van der Waals surface area contributed by atoms with E-state index < -0.39 is 15.3 Å². The fraction of sp³-hybridized carbons (Fsp3) is 1.00. The lowest BCUT2D eigenvalue weighted by Crippen LogP contribution is -1.81. The van der Waals surface area contributed by atoms with Crippen LogP contribution in [0.15, 0.2) is 0 Å². The molecule has 0 amide bonds. The molecule has 0 fully saturated rings. The number of thiol groups is 1. The number of unbranched alkanes of at least 4 members (excludes halogenated alkanes) is 1. The molecule has 0 aromatic carbocycles. The Morgan fingerprint density at radius 2 is 1.12 bits per heavy atom. The minimum atomic E-state index is -1.50. The summed E-state index contributed by atoms with van der Waals surface area (Å²) in [7, 11) is 0. The molecule has 0 heterocycles. The van der Waals surface area contributed by atoms with Gasteiger partial charge in [-0.05, 0) is 12.2 Å². The SMILES string of the molecule is CCCCS.O=[N+]([O-])O.O=[N+]([O-])O.O=[N+]([O-])O. The van der Waals surface area contributed by atoms with E-state index in [0.717, 1.165) is 5.75 Å². The highest BCUT2D eigenvalue weighted by Gasteiger charge is 1.68. The summed E-state index contributed by atoms with van der Waals surface area (Å²) in [6.45, 7) is 2.16. The van der Waals surface area contributed by atoms with Gasteiger partial charge in [-0.15, -0.1) is 30.3 Å². The van der Waals surface area contributed by atoms with Crippen molar-refractivity contribution in [3.05, 3.63) is 30.3 Å². The van der Waals surface area contributed by atoms with Gasteiger partial charge < -0.3 is 15.6 Å². The average Bonchev–Trinajstić information content (AvgIpc) is 2.01. The number of hydrogen-bond acceptors (Lipinski definition) is 7. The molecule has 0 unspecified atom stereocenters. The van der Waals surface area contributed by atoms with Crippen LogP contribution >= 0.6 is 12.6 Å². The molecule has 0 spiro atoms. The van der Waals surface area contributed by atoms with Crippen molar-refractivity contribution < 1.29 is 30.9 Å². The van der Waals surface area contributed by atoms with Crippen molar-refractivity contribution >= 4 is 12.6 Å². The molecule has 13 heteroatoms. The molecule has 0 aromatic heterocycles. The van der Waals surface area contributed by atoms with E-state index in [1.54, 1.807) is 0 Å². The fourth-order valence-corrected chi connectivity index (χ4v) is 0.474. The molecule has 0 rings (SSSR count). The van der Waals surface area contributed by atoms with E-state index in [2.05, 4.69) is 19.6 Å². The zero-order chi connectivity index (χ0) is 14.9. The van der Waals surface area contributed by atoms with Gasteiger partial charge in [-0.3, -0.25) is 0 Å². The Balaban J connectivity index is -0.0000000667. The lowest BCUT2D eigenvalue weighted by molar-refractivity contribution is -0.742. The van der Waals surface area contributed by atoms with Gasteiger partial charge in [0.25, 0.3) is 15.3 Å². The van der Waals surface area contributed by atoms with Crippen LogP contribution in [0.4, 0.5) is 0 Å². The lowest BCUT2D eigenvalue weighted by Gasteiger charge is -1.78. The van der Waals surface area contributed by atoms with Crippen molar-refractivity contribution in [1.82, 2.24) is 0 Å². The second kappa shape index (κ2) is 23.6. The zero-order valence-electron chi connectivity index (χ0n) is 8.70. The molecule has 0 aliphatic carbocycles. The van der Waals surface area contributed by atoms with E-state index in [1.165, 1.54) is 12.8 Å². The smallest absolute Gasteiger partial charge is 0.291 e. The van der Waals surface area contributed by atoms with Gasteiger partial charge in [-0.1, -0.05) is 13.3 Å². The van der Waals surface area contributed by atoms with Crippen LogP contribution in [0.3, 0.4) is 0 Å². The summed E-state index contributed by atoms with van der Waals surface area (Å²) < 4.78 is 0. The number of hydrogen-bond donors (Lipinski definition) is 4. The van der Waals surface area contributed by atoms with Gasteiger partial charge in [0.1, 0.15) is 0 Å². The zero-order valence-corrected chi connectivity index (χ0v) is 9.60. The Morgan fingerprint density at radius 3 is 1.12 bits per heavy atom. The first kappa shape index (κ1) is 24.3. The second-order valence-electron chi connectivity index (χ2n) is 1.79. The van der Waals surface area contributed by atoms with Crippen molar-refractivity contribution in [1.29, 1.82) is 0 Å². The van der Waals surface area contributed by atoms with Crippen molar-refractivity contribution in [2.45, 2.75) is 19.8 Å². The third-order valence-electron chi connectivity index (χ3n) is 0.512. The van der Waals surface area contributed by atoms with Crippen LogP contribution in [0, 0.1) is 30.3 Å². The minimum Gasteiger partial charge on any atom is -0.328 e. The van der Waals surface area contributed by atoms with Crippen molar-refractivity contribution in [3.63, 3.8) is 0 Å². The molecule has 0 saturated carbocycles. The fourth-order valence-electron chi connectivity index (χ4n) is 0.158. The van der Waals surface area contributed by atoms with Crippen molar-refractivity contribution in [3.8, 4) is 0 Å². The monoisotopic (exact) mass is 279 g/mol. The van der Waals surface area contributed by atoms with Gasteiger partial charge in [-0.25, -0.2) is 0 Å². The number of rotatable bonds is 2. The van der Waals surface area contributed by atoms with Crippen LogP contribution in [0.25, 0.3) is 0 Å². The van der Waals surface area contributed by atoms with E-state index in [9.17, 15) is 0 Å². The Bertz CT molecular complexity index is 158. The van der Waals surface area contributed by atoms with Crippen LogP contribution in [-0.2, 0) is 0 Å². The molecule has 17 heavy (non-hydrogen) atoms. The second-order valence-corrected chi connectivity index (χ2v) is 2.24. The van der Waals surface area contributed by atoms with E-state index >= 15 is 0 Å². The first-order valence-electron chi connectivity index (χ1n) is 3.72. The molecular formula is C4H13N3O9S. The molecule has 0 aromatic rings. The summed E-state index contributed by atoms with van der Waals surface area (Å²) in [6.07, 6.45) is 2.52. The predicted molar refractivity (Wildman–Crippen MR) is 55.1 cm³/mol. The Labute approximate surface area is 100 Å². The van der Waals surface area contributed by atoms with Gasteiger partial charge >= 0.3 is 0 Å². The molecule has 0 aliphatic rings. The highest BCUT2D eigenvalue weighted by atomic mass is 32.1. The molecule has 0 aliphatic heterocycles. The van der Waals surface area contributed by atoms with Crippen LogP contribution in [-0.4, -0.2) is 36.6 Å². The quantitative estimate of drug-likeness (QED) is 0.319. The standard InChI is InChI=1S/C4H10S.3HNO3/c1-2-3-4-5;3*2-1(3)4/h5H,2-4H2,1H3;3*(H,2,3,4). The van der Waals surface area contributed by atoms with Crippen LogP contribution in [0.5, 0.6) is 0 Å². The Hall–Kier alpha value is -2.05. The van der Waals surface area contributed by atoms with Gasteiger partial charge in [0, 0.05) is 0 Å². The molecule has 104 valence electrons. The summed E-state index contributed by atoms with van der Waals surface area (Å²) in [5, 5.41) is 40.9. The average molecular weight is 279 g/mol. The normalized spacial score (nSPS) is 6.71. The summed E-state index contributed by atoms with van der Waals surface area (Å²) >= 11 is 4.00. The third-order valence-corrected chi connectivity index (χ3v) is 0.828. The van der Waals surface area contributed by atoms with Crippen LogP contribution < -0.4 is 0 Å². The molecule has 0 radical (unpaired) electrons. The van der Waals surface area contributed by atoms with E-state index in [4.69, 9.17) is 46.0 Å². The predicted octanol–water partition coefficient (Wildman–Crippen LogP) is 0.673. The van der Waals surface area contributed by atoms with Gasteiger partial charge in [0.05, 0.1) is 0 Å². The number of nitrogens with zero attached hydrogens (tertiary/aromatic N) is 3. The maximum absolute atomic E-state index is 8.36. The summed E-state index contributed by atoms with van der Waals surface area (Å²) in [5.41, 5.74) is 0. The largest absolute Gasteiger partial charge is 0.328 e. The maximum atomic E-state index is 8.36. The highest BCUT2D eigenvalue weighted by Crippen LogP contribution is 1.85. The summed E-state index contributed by atoms with van der Waals surface area (Å²) in [4.78, 5) is 25.1. The van der Waals surface area contributed by atoms with Crippen molar-refractivity contribution in [2.75, 3.05) is 5.75 Å². The van der Waals surface area contributed by atoms with Gasteiger partial charge in [0.15, 0.2) is 0 Å². The molecule has 12 nitrogen and oxygen atoms in total. The van der Waals surface area contributed by atoms with E-state index in [0.29, 0.717) is 0 Å². The molecule has 3 N–H and O–H groups in total. The molecule has 0 saturated heterocycles. The lowest BCUT2D eigenvalue weighted by atomic mass is 10.4. The maximum Gasteiger partial charge on any atom is 0.291 e. The van der Waals surface area contributed by atoms with Crippen molar-refractivity contribution in [2.24, 2.45) is 0 Å². The Kier molecular flexibility index (Phi) is 33.7. The Morgan fingerprint density at radius 1 is 0.941 bits per heavy atom.